The van der Waals surface area contributed by atoms with Gasteiger partial charge in [-0.3, -0.25) is 14.5 Å². The third-order valence-corrected chi connectivity index (χ3v) is 3.62. The Labute approximate surface area is 79.1 Å². The van der Waals surface area contributed by atoms with E-state index in [2.05, 4.69) is 0 Å². The average molecular weight is 183 g/mol. The van der Waals surface area contributed by atoms with Gasteiger partial charge in [0.05, 0.1) is 0 Å². The maximum atomic E-state index is 11.8. The van der Waals surface area contributed by atoms with Gasteiger partial charge in [-0.25, -0.2) is 0 Å². The molecule has 3 heteroatoms. The van der Waals surface area contributed by atoms with E-state index in [1.54, 1.807) is 6.92 Å². The number of ketones is 2. The molecule has 1 rings (SSSR count). The zero-order chi connectivity index (χ0) is 10.4. The zero-order valence-corrected chi connectivity index (χ0v) is 8.92. The van der Waals surface area contributed by atoms with Crippen molar-refractivity contribution in [3.8, 4) is 0 Å². The van der Waals surface area contributed by atoms with E-state index in [0.29, 0.717) is 0 Å². The van der Waals surface area contributed by atoms with Gasteiger partial charge in [0.15, 0.2) is 11.6 Å². The Balaban J connectivity index is 3.13. The summed E-state index contributed by atoms with van der Waals surface area (Å²) in [6.45, 7) is 7.07. The van der Waals surface area contributed by atoms with Crippen molar-refractivity contribution in [1.82, 2.24) is 4.90 Å². The third kappa shape index (κ3) is 1.14. The molecule has 0 aromatic rings. The molecule has 1 fully saturated rings. The molecule has 3 atom stereocenters. The van der Waals surface area contributed by atoms with Crippen molar-refractivity contribution in [3.05, 3.63) is 0 Å². The molecular formula is C10H17NO2. The van der Waals surface area contributed by atoms with Gasteiger partial charge in [-0.2, -0.15) is 0 Å². The van der Waals surface area contributed by atoms with Crippen LogP contribution in [0.5, 0.6) is 0 Å². The summed E-state index contributed by atoms with van der Waals surface area (Å²) in [7, 11) is 1.84. The van der Waals surface area contributed by atoms with Gasteiger partial charge in [0.25, 0.3) is 0 Å². The van der Waals surface area contributed by atoms with Gasteiger partial charge in [0.2, 0.25) is 0 Å². The van der Waals surface area contributed by atoms with Crippen LogP contribution in [-0.4, -0.2) is 35.1 Å². The van der Waals surface area contributed by atoms with E-state index in [1.165, 1.54) is 6.92 Å². The van der Waals surface area contributed by atoms with E-state index in [-0.39, 0.29) is 23.5 Å². The SMILES string of the molecule is CC(=O)C1(C)C(=O)C(C)C(C)N1C. The fourth-order valence-electron chi connectivity index (χ4n) is 2.00. The quantitative estimate of drug-likeness (QED) is 0.566. The minimum atomic E-state index is -0.890. The molecule has 1 heterocycles. The first-order valence-electron chi connectivity index (χ1n) is 4.61. The molecule has 0 spiro atoms. The fraction of sp³-hybridized carbons (Fsp3) is 0.800. The lowest BCUT2D eigenvalue weighted by molar-refractivity contribution is -0.136. The number of carbonyl (C=O) groups is 2. The molecule has 1 aliphatic heterocycles. The highest BCUT2D eigenvalue weighted by Crippen LogP contribution is 2.33. The molecular weight excluding hydrogens is 166 g/mol. The second-order valence-corrected chi connectivity index (χ2v) is 4.13. The number of nitrogens with zero attached hydrogens (tertiary/aromatic N) is 1. The summed E-state index contributed by atoms with van der Waals surface area (Å²) in [6.07, 6.45) is 0. The first-order chi connectivity index (χ1) is 5.83. The lowest BCUT2D eigenvalue weighted by Crippen LogP contribution is -2.50. The zero-order valence-electron chi connectivity index (χ0n) is 8.92. The van der Waals surface area contributed by atoms with Gasteiger partial charge in [-0.15, -0.1) is 0 Å². The Bertz CT molecular complexity index is 262. The highest BCUT2D eigenvalue weighted by molar-refractivity contribution is 6.12. The number of rotatable bonds is 1. The third-order valence-electron chi connectivity index (χ3n) is 3.62. The second kappa shape index (κ2) is 2.91. The molecule has 1 aliphatic rings. The molecule has 74 valence electrons. The summed E-state index contributed by atoms with van der Waals surface area (Å²) in [5.41, 5.74) is -0.890. The van der Waals surface area contributed by atoms with Crippen LogP contribution in [0.3, 0.4) is 0 Å². The predicted molar refractivity (Wildman–Crippen MR) is 50.5 cm³/mol. The van der Waals surface area contributed by atoms with E-state index in [1.807, 2.05) is 25.8 Å². The normalized spacial score (nSPS) is 41.2. The predicted octanol–water partition coefficient (Wildman–Crippen LogP) is 0.873. The second-order valence-electron chi connectivity index (χ2n) is 4.13. The van der Waals surface area contributed by atoms with Crippen LogP contribution in [0.4, 0.5) is 0 Å². The Morgan fingerprint density at radius 3 is 2.08 bits per heavy atom. The van der Waals surface area contributed by atoms with Crippen molar-refractivity contribution in [2.75, 3.05) is 7.05 Å². The molecule has 0 radical (unpaired) electrons. The van der Waals surface area contributed by atoms with Crippen LogP contribution in [-0.2, 0) is 9.59 Å². The topological polar surface area (TPSA) is 37.4 Å². The molecule has 0 bridgehead atoms. The van der Waals surface area contributed by atoms with Crippen molar-refractivity contribution < 1.29 is 9.59 Å². The minimum absolute atomic E-state index is 0.0427. The van der Waals surface area contributed by atoms with Crippen LogP contribution in [0.25, 0.3) is 0 Å². The van der Waals surface area contributed by atoms with E-state index in [4.69, 9.17) is 0 Å². The molecule has 0 aliphatic carbocycles. The summed E-state index contributed by atoms with van der Waals surface area (Å²) in [5, 5.41) is 0. The number of carbonyl (C=O) groups excluding carboxylic acids is 2. The van der Waals surface area contributed by atoms with E-state index in [0.717, 1.165) is 0 Å². The average Bonchev–Trinajstić information content (AvgIpc) is 2.22. The van der Waals surface area contributed by atoms with Gasteiger partial charge in [-0.1, -0.05) is 6.92 Å². The van der Waals surface area contributed by atoms with Gasteiger partial charge < -0.3 is 0 Å². The Hall–Kier alpha value is -0.700. The van der Waals surface area contributed by atoms with Crippen LogP contribution in [0, 0.1) is 5.92 Å². The lowest BCUT2D eigenvalue weighted by atomic mass is 9.89. The minimum Gasteiger partial charge on any atom is -0.297 e. The fourth-order valence-corrected chi connectivity index (χ4v) is 2.00. The molecule has 0 aromatic carbocycles. The van der Waals surface area contributed by atoms with Crippen LogP contribution in [0.15, 0.2) is 0 Å². The molecule has 13 heavy (non-hydrogen) atoms. The Morgan fingerprint density at radius 2 is 1.92 bits per heavy atom. The monoisotopic (exact) mass is 183 g/mol. The molecule has 1 saturated heterocycles. The van der Waals surface area contributed by atoms with Crippen LogP contribution >= 0.6 is 0 Å². The summed E-state index contributed by atoms with van der Waals surface area (Å²) in [5.74, 6) is -0.0508. The number of likely N-dealkylation sites (tertiary alicyclic amines) is 1. The highest BCUT2D eigenvalue weighted by Gasteiger charge is 2.53. The standard InChI is InChI=1S/C10H17NO2/c1-6-7(2)11(5)10(4,8(3)12)9(6)13/h6-7H,1-5H3. The molecule has 0 N–H and O–H groups in total. The maximum absolute atomic E-state index is 11.8. The van der Waals surface area contributed by atoms with Crippen molar-refractivity contribution in [2.45, 2.75) is 39.3 Å². The van der Waals surface area contributed by atoms with E-state index < -0.39 is 5.54 Å². The van der Waals surface area contributed by atoms with Crippen molar-refractivity contribution in [3.63, 3.8) is 0 Å². The van der Waals surface area contributed by atoms with Crippen molar-refractivity contribution >= 4 is 11.6 Å². The first-order valence-corrected chi connectivity index (χ1v) is 4.61. The van der Waals surface area contributed by atoms with Crippen molar-refractivity contribution in [1.29, 1.82) is 0 Å². The summed E-state index contributed by atoms with van der Waals surface area (Å²) < 4.78 is 0. The lowest BCUT2D eigenvalue weighted by Gasteiger charge is -2.29. The largest absolute Gasteiger partial charge is 0.297 e. The van der Waals surface area contributed by atoms with Crippen molar-refractivity contribution in [2.24, 2.45) is 5.92 Å². The number of hydrogen-bond donors (Lipinski definition) is 0. The molecule has 0 aromatic heterocycles. The Morgan fingerprint density at radius 1 is 1.46 bits per heavy atom. The number of likely N-dealkylation sites (N-methyl/N-ethyl adjacent to an activating group) is 1. The smallest absolute Gasteiger partial charge is 0.164 e. The summed E-state index contributed by atoms with van der Waals surface area (Å²) >= 11 is 0. The van der Waals surface area contributed by atoms with Crippen LogP contribution in [0.2, 0.25) is 0 Å². The van der Waals surface area contributed by atoms with Gasteiger partial charge >= 0.3 is 0 Å². The maximum Gasteiger partial charge on any atom is 0.164 e. The molecule has 3 unspecified atom stereocenters. The van der Waals surface area contributed by atoms with Gasteiger partial charge in [-0.05, 0) is 27.8 Å². The van der Waals surface area contributed by atoms with E-state index in [9.17, 15) is 9.59 Å². The molecule has 0 saturated carbocycles. The number of Topliss-reactive ketones (excluding diaryl/α,β-unsaturated/α-hetero) is 2. The van der Waals surface area contributed by atoms with Gasteiger partial charge in [0.1, 0.15) is 5.54 Å². The molecule has 0 amide bonds. The first kappa shape index (κ1) is 10.4. The molecule has 3 nitrogen and oxygen atoms in total. The van der Waals surface area contributed by atoms with Gasteiger partial charge in [0, 0.05) is 12.0 Å². The van der Waals surface area contributed by atoms with Crippen LogP contribution < -0.4 is 0 Å². The number of hydrogen-bond acceptors (Lipinski definition) is 3. The van der Waals surface area contributed by atoms with E-state index >= 15 is 0 Å². The Kier molecular flexibility index (Phi) is 2.32. The van der Waals surface area contributed by atoms with Crippen LogP contribution in [0.1, 0.15) is 27.7 Å². The summed E-state index contributed by atoms with van der Waals surface area (Å²) in [4.78, 5) is 25.1. The summed E-state index contributed by atoms with van der Waals surface area (Å²) in [6, 6.07) is 0.154. The highest BCUT2D eigenvalue weighted by atomic mass is 16.2.